The van der Waals surface area contributed by atoms with Gasteiger partial charge in [0.05, 0.1) is 0 Å². The molecule has 0 saturated heterocycles. The molecule has 0 aliphatic carbocycles. The highest BCUT2D eigenvalue weighted by atomic mass is 16.5. The van der Waals surface area contributed by atoms with Crippen LogP contribution in [0.25, 0.3) is 0 Å². The van der Waals surface area contributed by atoms with Gasteiger partial charge in [-0.25, -0.2) is 0 Å². The topological polar surface area (TPSA) is 31.2 Å². The third-order valence-corrected chi connectivity index (χ3v) is 3.89. The summed E-state index contributed by atoms with van der Waals surface area (Å²) in [5.41, 5.74) is 4.16. The van der Waals surface area contributed by atoms with Gasteiger partial charge in [-0.2, -0.15) is 0 Å². The molecule has 0 fully saturated rings. The van der Waals surface area contributed by atoms with Crippen molar-refractivity contribution in [3.8, 4) is 5.75 Å². The van der Waals surface area contributed by atoms with Crippen LogP contribution < -0.4 is 4.74 Å². The largest absolute Gasteiger partial charge is 0.485 e. The van der Waals surface area contributed by atoms with Crippen LogP contribution in [0.3, 0.4) is 0 Å². The number of carbonyl (C=O) groups excluding carboxylic acids is 1. The first-order valence-electron chi connectivity index (χ1n) is 7.48. The van der Waals surface area contributed by atoms with Gasteiger partial charge >= 0.3 is 0 Å². The Labute approximate surface area is 126 Å². The number of aromatic nitrogens is 1. The average molecular weight is 285 g/mol. The number of aryl methyl sites for hydroxylation is 2. The lowest BCUT2D eigenvalue weighted by Crippen LogP contribution is -2.12. The molecule has 1 heterocycles. The molecule has 0 bridgehead atoms. The molecule has 1 aromatic carbocycles. The summed E-state index contributed by atoms with van der Waals surface area (Å²) in [5, 5.41) is 0. The molecule has 3 nitrogen and oxygen atoms in total. The van der Waals surface area contributed by atoms with Gasteiger partial charge in [-0.15, -0.1) is 0 Å². The molecule has 0 atom stereocenters. The Morgan fingerprint density at radius 1 is 1.14 bits per heavy atom. The molecule has 2 aromatic rings. The Morgan fingerprint density at radius 3 is 2.33 bits per heavy atom. The van der Waals surface area contributed by atoms with Gasteiger partial charge in [-0.3, -0.25) is 4.79 Å². The molecule has 0 spiro atoms. The Balaban J connectivity index is 2.04. The zero-order chi connectivity index (χ0) is 15.4. The van der Waals surface area contributed by atoms with Gasteiger partial charge in [-0.1, -0.05) is 19.1 Å². The first-order valence-corrected chi connectivity index (χ1v) is 7.48. The van der Waals surface area contributed by atoms with Crippen molar-refractivity contribution in [2.75, 3.05) is 6.61 Å². The quantitative estimate of drug-likeness (QED) is 0.753. The molecule has 0 radical (unpaired) electrons. The molecule has 3 heteroatoms. The van der Waals surface area contributed by atoms with Gasteiger partial charge < -0.3 is 9.30 Å². The van der Waals surface area contributed by atoms with Gasteiger partial charge in [0.15, 0.2) is 6.61 Å². The van der Waals surface area contributed by atoms with E-state index in [-0.39, 0.29) is 12.4 Å². The van der Waals surface area contributed by atoms with Crippen LogP contribution in [0.1, 0.15) is 41.2 Å². The molecule has 0 aliphatic heterocycles. The van der Waals surface area contributed by atoms with Crippen molar-refractivity contribution in [1.29, 1.82) is 0 Å². The minimum absolute atomic E-state index is 0.0300. The SMILES string of the molecule is CCc1ccc(OCC(=O)c2cc(C)n(CC)c2C)cc1. The van der Waals surface area contributed by atoms with Crippen LogP contribution in [0.5, 0.6) is 5.75 Å². The molecule has 0 saturated carbocycles. The third kappa shape index (κ3) is 3.35. The Kier molecular flexibility index (Phi) is 4.84. The molecule has 2 rings (SSSR count). The van der Waals surface area contributed by atoms with E-state index in [9.17, 15) is 4.79 Å². The van der Waals surface area contributed by atoms with Crippen LogP contribution in [0, 0.1) is 13.8 Å². The van der Waals surface area contributed by atoms with Crippen LogP contribution in [-0.4, -0.2) is 17.0 Å². The monoisotopic (exact) mass is 285 g/mol. The fourth-order valence-electron chi connectivity index (χ4n) is 2.62. The van der Waals surface area contributed by atoms with Crippen molar-refractivity contribution >= 4 is 5.78 Å². The van der Waals surface area contributed by atoms with Crippen LogP contribution in [0.2, 0.25) is 0 Å². The Bertz CT molecular complexity index is 623. The average Bonchev–Trinajstić information content (AvgIpc) is 2.79. The molecule has 112 valence electrons. The van der Waals surface area contributed by atoms with E-state index in [1.54, 1.807) is 0 Å². The number of hydrogen-bond donors (Lipinski definition) is 0. The lowest BCUT2D eigenvalue weighted by molar-refractivity contribution is 0.0921. The number of hydrogen-bond acceptors (Lipinski definition) is 2. The number of carbonyl (C=O) groups is 1. The maximum absolute atomic E-state index is 12.3. The Hall–Kier alpha value is -2.03. The molecule has 0 aliphatic rings. The highest BCUT2D eigenvalue weighted by Crippen LogP contribution is 2.17. The fraction of sp³-hybridized carbons (Fsp3) is 0.389. The predicted molar refractivity (Wildman–Crippen MR) is 85.2 cm³/mol. The van der Waals surface area contributed by atoms with E-state index < -0.39 is 0 Å². The van der Waals surface area contributed by atoms with Crippen LogP contribution in [0.4, 0.5) is 0 Å². The molecule has 0 N–H and O–H groups in total. The van der Waals surface area contributed by atoms with Crippen molar-refractivity contribution in [3.05, 3.63) is 52.8 Å². The van der Waals surface area contributed by atoms with E-state index in [1.165, 1.54) is 5.56 Å². The summed E-state index contributed by atoms with van der Waals surface area (Å²) < 4.78 is 7.74. The van der Waals surface area contributed by atoms with Crippen LogP contribution in [-0.2, 0) is 13.0 Å². The summed E-state index contributed by atoms with van der Waals surface area (Å²) in [4.78, 5) is 12.3. The summed E-state index contributed by atoms with van der Waals surface area (Å²) in [5.74, 6) is 0.771. The zero-order valence-corrected chi connectivity index (χ0v) is 13.3. The maximum Gasteiger partial charge on any atom is 0.202 e. The third-order valence-electron chi connectivity index (χ3n) is 3.89. The van der Waals surface area contributed by atoms with Crippen molar-refractivity contribution in [2.45, 2.75) is 40.7 Å². The van der Waals surface area contributed by atoms with Gasteiger partial charge in [0.2, 0.25) is 5.78 Å². The fourth-order valence-corrected chi connectivity index (χ4v) is 2.62. The van der Waals surface area contributed by atoms with Crippen LogP contribution in [0.15, 0.2) is 30.3 Å². The van der Waals surface area contributed by atoms with E-state index in [1.807, 2.05) is 44.2 Å². The van der Waals surface area contributed by atoms with E-state index in [4.69, 9.17) is 4.74 Å². The number of benzene rings is 1. The van der Waals surface area contributed by atoms with E-state index in [2.05, 4.69) is 18.4 Å². The summed E-state index contributed by atoms with van der Waals surface area (Å²) in [7, 11) is 0. The van der Waals surface area contributed by atoms with Crippen molar-refractivity contribution in [3.63, 3.8) is 0 Å². The standard InChI is InChI=1S/C18H23NO2/c1-5-15-7-9-16(10-8-15)21-12-18(20)17-11-13(3)19(6-2)14(17)4/h7-11H,5-6,12H2,1-4H3. The van der Waals surface area contributed by atoms with Crippen molar-refractivity contribution in [1.82, 2.24) is 4.57 Å². The highest BCUT2D eigenvalue weighted by Gasteiger charge is 2.15. The van der Waals surface area contributed by atoms with Crippen LogP contribution >= 0.6 is 0 Å². The summed E-state index contributed by atoms with van der Waals surface area (Å²) in [6.07, 6.45) is 1.00. The minimum Gasteiger partial charge on any atom is -0.485 e. The Morgan fingerprint density at radius 2 is 1.81 bits per heavy atom. The first kappa shape index (κ1) is 15.4. The van der Waals surface area contributed by atoms with Gasteiger partial charge in [0.1, 0.15) is 5.75 Å². The maximum atomic E-state index is 12.3. The predicted octanol–water partition coefficient (Wildman–Crippen LogP) is 3.95. The number of ether oxygens (including phenoxy) is 1. The van der Waals surface area contributed by atoms with Crippen molar-refractivity contribution in [2.24, 2.45) is 0 Å². The normalized spacial score (nSPS) is 10.7. The highest BCUT2D eigenvalue weighted by molar-refractivity contribution is 5.98. The van der Waals surface area contributed by atoms with Gasteiger partial charge in [0.25, 0.3) is 0 Å². The van der Waals surface area contributed by atoms with E-state index >= 15 is 0 Å². The zero-order valence-electron chi connectivity index (χ0n) is 13.3. The van der Waals surface area contributed by atoms with Gasteiger partial charge in [0, 0.05) is 23.5 Å². The first-order chi connectivity index (χ1) is 10.1. The minimum atomic E-state index is 0.0300. The summed E-state index contributed by atoms with van der Waals surface area (Å²) in [6, 6.07) is 9.85. The van der Waals surface area contributed by atoms with Gasteiger partial charge in [-0.05, 0) is 51.0 Å². The smallest absolute Gasteiger partial charge is 0.202 e. The van der Waals surface area contributed by atoms with Crippen molar-refractivity contribution < 1.29 is 9.53 Å². The lowest BCUT2D eigenvalue weighted by Gasteiger charge is -2.07. The molecule has 1 aromatic heterocycles. The van der Waals surface area contributed by atoms with E-state index in [0.717, 1.165) is 35.7 Å². The molecular weight excluding hydrogens is 262 g/mol. The molecular formula is C18H23NO2. The molecule has 0 amide bonds. The molecule has 0 unspecified atom stereocenters. The summed E-state index contributed by atoms with van der Waals surface area (Å²) >= 11 is 0. The number of rotatable bonds is 6. The summed E-state index contributed by atoms with van der Waals surface area (Å²) in [6.45, 7) is 9.17. The number of ketones is 1. The molecule has 21 heavy (non-hydrogen) atoms. The number of nitrogens with zero attached hydrogens (tertiary/aromatic N) is 1. The second-order valence-corrected chi connectivity index (χ2v) is 5.24. The second kappa shape index (κ2) is 6.61. The second-order valence-electron chi connectivity index (χ2n) is 5.24. The number of Topliss-reactive ketones (excluding diaryl/α,β-unsaturated/α-hetero) is 1. The van der Waals surface area contributed by atoms with E-state index in [0.29, 0.717) is 0 Å². The lowest BCUT2D eigenvalue weighted by atomic mass is 10.1.